The first-order valence-corrected chi connectivity index (χ1v) is 6.98. The predicted octanol–water partition coefficient (Wildman–Crippen LogP) is 3.48. The molecule has 0 amide bonds. The van der Waals surface area contributed by atoms with Gasteiger partial charge in [-0.3, -0.25) is 4.90 Å². The topological polar surface area (TPSA) is 23.5 Å². The van der Waals surface area contributed by atoms with E-state index >= 15 is 0 Å². The molecule has 2 aromatic carbocycles. The Labute approximate surface area is 118 Å². The third-order valence-electron chi connectivity index (χ3n) is 3.78. The van der Waals surface area contributed by atoms with Gasteiger partial charge in [0.1, 0.15) is 11.6 Å². The van der Waals surface area contributed by atoms with E-state index in [4.69, 9.17) is 0 Å². The Kier molecular flexibility index (Phi) is 3.70. The van der Waals surface area contributed by atoms with Crippen molar-refractivity contribution in [1.29, 1.82) is 0 Å². The van der Waals surface area contributed by atoms with Gasteiger partial charge in [0, 0.05) is 19.2 Å². The minimum Gasteiger partial charge on any atom is -0.508 e. The second kappa shape index (κ2) is 5.63. The molecule has 104 valence electrons. The third-order valence-corrected chi connectivity index (χ3v) is 3.78. The maximum atomic E-state index is 13.3. The highest BCUT2D eigenvalue weighted by Gasteiger charge is 2.14. The van der Waals surface area contributed by atoms with Crippen molar-refractivity contribution in [3.05, 3.63) is 65.0 Å². The molecule has 0 radical (unpaired) electrons. The zero-order chi connectivity index (χ0) is 13.9. The van der Waals surface area contributed by atoms with Gasteiger partial charge in [-0.05, 0) is 48.2 Å². The fourth-order valence-electron chi connectivity index (χ4n) is 2.89. The average molecular weight is 271 g/mol. The summed E-state index contributed by atoms with van der Waals surface area (Å²) in [4.78, 5) is 2.31. The van der Waals surface area contributed by atoms with Crippen molar-refractivity contribution in [1.82, 2.24) is 4.90 Å². The first-order chi connectivity index (χ1) is 9.70. The molecule has 2 nitrogen and oxygen atoms in total. The number of rotatable bonds is 2. The summed E-state index contributed by atoms with van der Waals surface area (Å²) < 4.78 is 13.3. The lowest BCUT2D eigenvalue weighted by Crippen LogP contribution is -2.22. The molecule has 2 aromatic rings. The number of hydrogen-bond donors (Lipinski definition) is 1. The summed E-state index contributed by atoms with van der Waals surface area (Å²) in [5.41, 5.74) is 3.59. The van der Waals surface area contributed by atoms with Gasteiger partial charge in [-0.1, -0.05) is 24.3 Å². The van der Waals surface area contributed by atoms with Crippen LogP contribution in [-0.2, 0) is 19.5 Å². The summed E-state index contributed by atoms with van der Waals surface area (Å²) in [6.07, 6.45) is 2.21. The van der Waals surface area contributed by atoms with Gasteiger partial charge in [-0.25, -0.2) is 4.39 Å². The highest BCUT2D eigenvalue weighted by atomic mass is 19.1. The lowest BCUT2D eigenvalue weighted by molar-refractivity contribution is 0.260. The number of phenolic OH excluding ortho intramolecular Hbond substituents is 1. The zero-order valence-electron chi connectivity index (χ0n) is 11.3. The number of nitrogens with zero attached hydrogens (tertiary/aromatic N) is 1. The summed E-state index contributed by atoms with van der Waals surface area (Å²) >= 11 is 0. The molecule has 1 aliphatic rings. The van der Waals surface area contributed by atoms with Crippen LogP contribution in [-0.4, -0.2) is 16.6 Å². The molecule has 1 aliphatic heterocycles. The number of benzene rings is 2. The third kappa shape index (κ3) is 2.99. The van der Waals surface area contributed by atoms with Crippen LogP contribution in [0.15, 0.2) is 42.5 Å². The quantitative estimate of drug-likeness (QED) is 0.904. The molecule has 0 saturated heterocycles. The van der Waals surface area contributed by atoms with E-state index in [0.717, 1.165) is 37.6 Å². The molecule has 0 fully saturated rings. The number of fused-ring (bicyclic) bond motifs is 1. The molecule has 20 heavy (non-hydrogen) atoms. The minimum absolute atomic E-state index is 0.00442. The molecule has 0 aliphatic carbocycles. The van der Waals surface area contributed by atoms with Crippen LogP contribution < -0.4 is 0 Å². The van der Waals surface area contributed by atoms with Gasteiger partial charge in [0.25, 0.3) is 0 Å². The lowest BCUT2D eigenvalue weighted by Gasteiger charge is -2.20. The number of aryl methyl sites for hydroxylation is 1. The summed E-state index contributed by atoms with van der Waals surface area (Å²) in [5, 5.41) is 9.48. The van der Waals surface area contributed by atoms with Crippen LogP contribution in [0, 0.1) is 5.82 Å². The smallest absolute Gasteiger partial charge is 0.127 e. The van der Waals surface area contributed by atoms with E-state index in [1.807, 2.05) is 0 Å². The van der Waals surface area contributed by atoms with E-state index in [-0.39, 0.29) is 11.6 Å². The predicted molar refractivity (Wildman–Crippen MR) is 76.9 cm³/mol. The lowest BCUT2D eigenvalue weighted by atomic mass is 10.0. The SMILES string of the molecule is Oc1cc(F)cc(CN2CCCc3ccccc3C2)c1. The van der Waals surface area contributed by atoms with Crippen LogP contribution in [0.4, 0.5) is 4.39 Å². The van der Waals surface area contributed by atoms with E-state index in [9.17, 15) is 9.50 Å². The van der Waals surface area contributed by atoms with Gasteiger partial charge in [-0.2, -0.15) is 0 Å². The Morgan fingerprint density at radius 3 is 2.70 bits per heavy atom. The van der Waals surface area contributed by atoms with E-state index in [2.05, 4.69) is 29.2 Å². The van der Waals surface area contributed by atoms with Gasteiger partial charge < -0.3 is 5.11 Å². The van der Waals surface area contributed by atoms with E-state index in [1.165, 1.54) is 17.2 Å². The Balaban J connectivity index is 1.78. The number of phenols is 1. The van der Waals surface area contributed by atoms with E-state index in [1.54, 1.807) is 6.07 Å². The molecule has 0 unspecified atom stereocenters. The van der Waals surface area contributed by atoms with Crippen molar-refractivity contribution in [2.45, 2.75) is 25.9 Å². The van der Waals surface area contributed by atoms with Crippen LogP contribution >= 0.6 is 0 Å². The largest absolute Gasteiger partial charge is 0.508 e. The Morgan fingerprint density at radius 2 is 1.90 bits per heavy atom. The fraction of sp³-hybridized carbons (Fsp3) is 0.294. The Morgan fingerprint density at radius 1 is 1.10 bits per heavy atom. The van der Waals surface area contributed by atoms with Gasteiger partial charge in [0.2, 0.25) is 0 Å². The maximum absolute atomic E-state index is 13.3. The van der Waals surface area contributed by atoms with E-state index < -0.39 is 0 Å². The van der Waals surface area contributed by atoms with Crippen molar-refractivity contribution in [3.63, 3.8) is 0 Å². The molecule has 1 N–H and O–H groups in total. The molecular weight excluding hydrogens is 253 g/mol. The van der Waals surface area contributed by atoms with Gasteiger partial charge in [0.15, 0.2) is 0 Å². The summed E-state index contributed by atoms with van der Waals surface area (Å²) in [7, 11) is 0. The maximum Gasteiger partial charge on any atom is 0.127 e. The normalized spacial score (nSPS) is 15.7. The number of hydrogen-bond acceptors (Lipinski definition) is 2. The van der Waals surface area contributed by atoms with Gasteiger partial charge in [-0.15, -0.1) is 0 Å². The van der Waals surface area contributed by atoms with Gasteiger partial charge >= 0.3 is 0 Å². The molecule has 0 spiro atoms. The van der Waals surface area contributed by atoms with E-state index in [0.29, 0.717) is 6.54 Å². The first kappa shape index (κ1) is 13.1. The molecule has 1 heterocycles. The van der Waals surface area contributed by atoms with Crippen molar-refractivity contribution >= 4 is 0 Å². The molecular formula is C17H18FNO. The number of aromatic hydroxyl groups is 1. The van der Waals surface area contributed by atoms with Crippen molar-refractivity contribution < 1.29 is 9.50 Å². The molecule has 0 saturated carbocycles. The summed E-state index contributed by atoms with van der Waals surface area (Å²) in [5.74, 6) is -0.384. The molecule has 3 heteroatoms. The Bertz CT molecular complexity index is 591. The van der Waals surface area contributed by atoms with Crippen LogP contribution in [0.2, 0.25) is 0 Å². The second-order valence-electron chi connectivity index (χ2n) is 5.40. The fourth-order valence-corrected chi connectivity index (χ4v) is 2.89. The van der Waals surface area contributed by atoms with Crippen LogP contribution in [0.1, 0.15) is 23.1 Å². The van der Waals surface area contributed by atoms with Crippen LogP contribution in [0.5, 0.6) is 5.75 Å². The van der Waals surface area contributed by atoms with Gasteiger partial charge in [0.05, 0.1) is 0 Å². The average Bonchev–Trinajstić information content (AvgIpc) is 2.59. The van der Waals surface area contributed by atoms with Crippen LogP contribution in [0.25, 0.3) is 0 Å². The molecule has 0 aromatic heterocycles. The highest BCUT2D eigenvalue weighted by Crippen LogP contribution is 2.21. The van der Waals surface area contributed by atoms with Crippen molar-refractivity contribution in [2.75, 3.05) is 6.54 Å². The second-order valence-corrected chi connectivity index (χ2v) is 5.40. The van der Waals surface area contributed by atoms with Crippen LogP contribution in [0.3, 0.4) is 0 Å². The van der Waals surface area contributed by atoms with Crippen molar-refractivity contribution in [2.24, 2.45) is 0 Å². The highest BCUT2D eigenvalue weighted by molar-refractivity contribution is 5.30. The molecule has 3 rings (SSSR count). The first-order valence-electron chi connectivity index (χ1n) is 6.98. The summed E-state index contributed by atoms with van der Waals surface area (Å²) in [6, 6.07) is 12.8. The Hall–Kier alpha value is -1.87. The monoisotopic (exact) mass is 271 g/mol. The summed E-state index contributed by atoms with van der Waals surface area (Å²) in [6.45, 7) is 2.54. The minimum atomic E-state index is -0.379. The molecule has 0 atom stereocenters. The molecule has 0 bridgehead atoms. The number of halogens is 1. The standard InChI is InChI=1S/C17H18FNO/c18-16-8-13(9-17(20)10-16)11-19-7-3-6-14-4-1-2-5-15(14)12-19/h1-2,4-5,8-10,20H,3,6-7,11-12H2. The van der Waals surface area contributed by atoms with Crippen molar-refractivity contribution in [3.8, 4) is 5.75 Å². The zero-order valence-corrected chi connectivity index (χ0v) is 11.3.